The second-order valence-corrected chi connectivity index (χ2v) is 9.34. The summed E-state index contributed by atoms with van der Waals surface area (Å²) in [4.78, 5) is 42.3. The van der Waals surface area contributed by atoms with Crippen LogP contribution in [0.4, 0.5) is 0 Å². The van der Waals surface area contributed by atoms with Crippen LogP contribution < -0.4 is 20.7 Å². The first-order valence-electron chi connectivity index (χ1n) is 11.8. The SMILES string of the molecule is CCOC(=O)C(C#N)=Cc1ccc(Oc2nc3c(c(=O)n(C)c(=O)n3C)n2Cc2ccc(Cl)cc2Cl)c(OC)c1. The monoisotopic (exact) mass is 583 g/mol. The van der Waals surface area contributed by atoms with E-state index >= 15 is 0 Å². The van der Waals surface area contributed by atoms with E-state index < -0.39 is 17.2 Å². The molecular weight excluding hydrogens is 561 g/mol. The number of nitriles is 1. The van der Waals surface area contributed by atoms with Crippen molar-refractivity contribution in [2.45, 2.75) is 13.5 Å². The van der Waals surface area contributed by atoms with E-state index in [1.54, 1.807) is 43.3 Å². The van der Waals surface area contributed by atoms with Gasteiger partial charge in [0.1, 0.15) is 11.6 Å². The molecule has 13 heteroatoms. The maximum Gasteiger partial charge on any atom is 0.348 e. The summed E-state index contributed by atoms with van der Waals surface area (Å²) in [6, 6.07) is 11.5. The van der Waals surface area contributed by atoms with Crippen LogP contribution >= 0.6 is 23.2 Å². The lowest BCUT2D eigenvalue weighted by molar-refractivity contribution is -0.137. The van der Waals surface area contributed by atoms with Gasteiger partial charge in [-0.1, -0.05) is 35.3 Å². The first kappa shape index (κ1) is 28.5. The van der Waals surface area contributed by atoms with Gasteiger partial charge in [-0.15, -0.1) is 0 Å². The molecule has 0 aliphatic rings. The molecule has 0 bridgehead atoms. The number of nitrogens with zero attached hydrogens (tertiary/aromatic N) is 5. The van der Waals surface area contributed by atoms with Crippen LogP contribution in [0, 0.1) is 11.3 Å². The lowest BCUT2D eigenvalue weighted by Crippen LogP contribution is -2.37. The molecule has 0 unspecified atom stereocenters. The third-order valence-electron chi connectivity index (χ3n) is 5.97. The molecular formula is C27H23Cl2N5O6. The highest BCUT2D eigenvalue weighted by molar-refractivity contribution is 6.35. The Bertz CT molecular complexity index is 1830. The van der Waals surface area contributed by atoms with Gasteiger partial charge in [-0.05, 0) is 48.4 Å². The van der Waals surface area contributed by atoms with Gasteiger partial charge in [-0.25, -0.2) is 9.59 Å². The van der Waals surface area contributed by atoms with Crippen molar-refractivity contribution in [1.82, 2.24) is 18.7 Å². The van der Waals surface area contributed by atoms with E-state index in [0.717, 1.165) is 4.57 Å². The Morgan fingerprint density at radius 3 is 2.50 bits per heavy atom. The van der Waals surface area contributed by atoms with E-state index in [4.69, 9.17) is 37.4 Å². The molecule has 11 nitrogen and oxygen atoms in total. The van der Waals surface area contributed by atoms with Crippen molar-refractivity contribution in [3.05, 3.63) is 84.0 Å². The van der Waals surface area contributed by atoms with Crippen LogP contribution in [0.2, 0.25) is 10.0 Å². The predicted octanol–water partition coefficient (Wildman–Crippen LogP) is 4.06. The minimum absolute atomic E-state index is 0.00912. The molecule has 0 amide bonds. The van der Waals surface area contributed by atoms with Gasteiger partial charge in [0.2, 0.25) is 0 Å². The Labute approximate surface area is 238 Å². The number of benzene rings is 2. The maximum absolute atomic E-state index is 13.2. The molecule has 4 aromatic rings. The summed E-state index contributed by atoms with van der Waals surface area (Å²) in [7, 11) is 4.29. The number of carbonyl (C=O) groups is 1. The molecule has 0 fully saturated rings. The van der Waals surface area contributed by atoms with Crippen molar-refractivity contribution in [3.8, 4) is 23.6 Å². The summed E-state index contributed by atoms with van der Waals surface area (Å²) < 4.78 is 20.2. The first-order valence-corrected chi connectivity index (χ1v) is 12.6. The van der Waals surface area contributed by atoms with Gasteiger partial charge in [-0.2, -0.15) is 10.2 Å². The third-order valence-corrected chi connectivity index (χ3v) is 6.56. The fraction of sp³-hybridized carbons (Fsp3) is 0.222. The number of fused-ring (bicyclic) bond motifs is 1. The summed E-state index contributed by atoms with van der Waals surface area (Å²) in [5.41, 5.74) is 0.0314. The summed E-state index contributed by atoms with van der Waals surface area (Å²) in [5.74, 6) is -0.277. The fourth-order valence-corrected chi connectivity index (χ4v) is 4.41. The van der Waals surface area contributed by atoms with Crippen LogP contribution in [0.3, 0.4) is 0 Å². The second-order valence-electron chi connectivity index (χ2n) is 8.50. The zero-order valence-corrected chi connectivity index (χ0v) is 23.4. The van der Waals surface area contributed by atoms with Crippen LogP contribution in [0.1, 0.15) is 18.1 Å². The average molecular weight is 584 g/mol. The standard InChI is InChI=1S/C27H23Cl2N5O6/c1-5-39-25(36)17(13-30)10-15-6-9-20(21(11-15)38-4)40-26-31-23-22(24(35)33(3)27(37)32(23)2)34(26)14-16-7-8-18(28)12-19(16)29/h6-12H,5,14H2,1-4H3. The summed E-state index contributed by atoms with van der Waals surface area (Å²) >= 11 is 12.5. The lowest BCUT2D eigenvalue weighted by atomic mass is 10.1. The molecule has 0 N–H and O–H groups in total. The van der Waals surface area contributed by atoms with Gasteiger partial charge in [0.25, 0.3) is 5.56 Å². The number of hydrogen-bond acceptors (Lipinski definition) is 8. The van der Waals surface area contributed by atoms with Crippen molar-refractivity contribution in [1.29, 1.82) is 5.26 Å². The minimum Gasteiger partial charge on any atom is -0.493 e. The number of imidazole rings is 1. The number of ether oxygens (including phenoxy) is 3. The Balaban J connectivity index is 1.85. The highest BCUT2D eigenvalue weighted by atomic mass is 35.5. The highest BCUT2D eigenvalue weighted by Crippen LogP contribution is 2.34. The van der Waals surface area contributed by atoms with E-state index in [1.165, 1.54) is 36.4 Å². The number of hydrogen-bond donors (Lipinski definition) is 0. The molecule has 0 saturated carbocycles. The molecule has 2 aromatic carbocycles. The maximum atomic E-state index is 13.2. The van der Waals surface area contributed by atoms with E-state index in [1.807, 2.05) is 6.07 Å². The summed E-state index contributed by atoms with van der Waals surface area (Å²) in [6.45, 7) is 1.85. The quantitative estimate of drug-likeness (QED) is 0.172. The molecule has 2 heterocycles. The van der Waals surface area contributed by atoms with E-state index in [2.05, 4.69) is 4.98 Å². The van der Waals surface area contributed by atoms with Gasteiger partial charge in [-0.3, -0.25) is 18.5 Å². The number of esters is 1. The molecule has 0 radical (unpaired) electrons. The molecule has 0 saturated heterocycles. The molecule has 40 heavy (non-hydrogen) atoms. The number of carbonyl (C=O) groups excluding carboxylic acids is 1. The Morgan fingerprint density at radius 2 is 1.85 bits per heavy atom. The normalized spacial score (nSPS) is 11.4. The number of rotatable bonds is 8. The molecule has 0 atom stereocenters. The molecule has 4 rings (SSSR count). The molecule has 2 aromatic heterocycles. The van der Waals surface area contributed by atoms with Gasteiger partial charge in [0, 0.05) is 24.1 Å². The second kappa shape index (κ2) is 11.7. The van der Waals surface area contributed by atoms with Crippen LogP contribution in [0.5, 0.6) is 17.5 Å². The minimum atomic E-state index is -0.744. The van der Waals surface area contributed by atoms with Crippen LogP contribution in [0.15, 0.2) is 51.6 Å². The van der Waals surface area contributed by atoms with Gasteiger partial charge in [0.05, 0.1) is 20.3 Å². The largest absolute Gasteiger partial charge is 0.493 e. The van der Waals surface area contributed by atoms with E-state index in [0.29, 0.717) is 21.2 Å². The zero-order chi connectivity index (χ0) is 29.1. The van der Waals surface area contributed by atoms with Crippen molar-refractivity contribution >= 4 is 46.4 Å². The van der Waals surface area contributed by atoms with Crippen molar-refractivity contribution in [3.63, 3.8) is 0 Å². The Kier molecular flexibility index (Phi) is 8.32. The van der Waals surface area contributed by atoms with Crippen molar-refractivity contribution in [2.75, 3.05) is 13.7 Å². The van der Waals surface area contributed by atoms with E-state index in [9.17, 15) is 19.6 Å². The lowest BCUT2D eigenvalue weighted by Gasteiger charge is -2.13. The predicted molar refractivity (Wildman–Crippen MR) is 149 cm³/mol. The number of aryl methyl sites for hydroxylation is 1. The summed E-state index contributed by atoms with van der Waals surface area (Å²) in [6.07, 6.45) is 1.36. The molecule has 0 spiro atoms. The Morgan fingerprint density at radius 1 is 1.10 bits per heavy atom. The number of aromatic nitrogens is 4. The fourth-order valence-electron chi connectivity index (χ4n) is 3.94. The van der Waals surface area contributed by atoms with Gasteiger partial charge in [0.15, 0.2) is 22.7 Å². The zero-order valence-electron chi connectivity index (χ0n) is 21.9. The number of methoxy groups -OCH3 is 1. The Hall–Kier alpha value is -4.53. The first-order chi connectivity index (χ1) is 19.1. The molecule has 0 aliphatic carbocycles. The molecule has 206 valence electrons. The third kappa shape index (κ3) is 5.45. The summed E-state index contributed by atoms with van der Waals surface area (Å²) in [5, 5.41) is 10.2. The topological polar surface area (TPSA) is 130 Å². The highest BCUT2D eigenvalue weighted by Gasteiger charge is 2.23. The average Bonchev–Trinajstić information content (AvgIpc) is 3.29. The van der Waals surface area contributed by atoms with Gasteiger partial charge >= 0.3 is 17.7 Å². The number of halogens is 2. The van der Waals surface area contributed by atoms with Crippen molar-refractivity contribution < 1.29 is 19.0 Å². The smallest absolute Gasteiger partial charge is 0.348 e. The molecule has 0 aliphatic heterocycles. The van der Waals surface area contributed by atoms with Crippen molar-refractivity contribution in [2.24, 2.45) is 14.1 Å². The van der Waals surface area contributed by atoms with Crippen LogP contribution in [-0.4, -0.2) is 38.4 Å². The van der Waals surface area contributed by atoms with Gasteiger partial charge < -0.3 is 14.2 Å². The van der Waals surface area contributed by atoms with E-state index in [-0.39, 0.29) is 47.4 Å². The van der Waals surface area contributed by atoms with Crippen LogP contribution in [0.25, 0.3) is 17.2 Å². The van der Waals surface area contributed by atoms with Crippen LogP contribution in [-0.2, 0) is 30.2 Å².